The van der Waals surface area contributed by atoms with Crippen LogP contribution in [0.1, 0.15) is 10.6 Å². The maximum Gasteiger partial charge on any atom is 0.372 e. The van der Waals surface area contributed by atoms with Crippen LogP contribution in [-0.2, 0) is 0 Å². The number of furan rings is 1. The lowest BCUT2D eigenvalue weighted by atomic mass is 10.1. The van der Waals surface area contributed by atoms with Crippen LogP contribution in [0.3, 0.4) is 0 Å². The van der Waals surface area contributed by atoms with Gasteiger partial charge in [0.1, 0.15) is 5.75 Å². The molecule has 0 aliphatic rings. The summed E-state index contributed by atoms with van der Waals surface area (Å²) in [6.45, 7) is 0. The van der Waals surface area contributed by atoms with Crippen molar-refractivity contribution < 1.29 is 19.4 Å². The van der Waals surface area contributed by atoms with E-state index in [0.29, 0.717) is 11.1 Å². The lowest BCUT2D eigenvalue weighted by molar-refractivity contribution is 0.0663. The topological polar surface area (TPSA) is 70.7 Å². The molecule has 0 aliphatic heterocycles. The number of phenols is 1. The molecule has 1 aromatic carbocycles. The maximum absolute atomic E-state index is 10.8. The van der Waals surface area contributed by atoms with Crippen molar-refractivity contribution in [1.82, 2.24) is 0 Å². The van der Waals surface area contributed by atoms with Gasteiger partial charge in [-0.3, -0.25) is 0 Å². The summed E-state index contributed by atoms with van der Waals surface area (Å²) < 4.78 is 4.85. The van der Waals surface area contributed by atoms with E-state index in [9.17, 15) is 4.79 Å². The van der Waals surface area contributed by atoms with E-state index in [-0.39, 0.29) is 11.5 Å². The van der Waals surface area contributed by atoms with Crippen molar-refractivity contribution in [3.05, 3.63) is 42.4 Å². The molecule has 76 valence electrons. The smallest absolute Gasteiger partial charge is 0.372 e. The van der Waals surface area contributed by atoms with Crippen molar-refractivity contribution in [2.75, 3.05) is 0 Å². The van der Waals surface area contributed by atoms with E-state index in [4.69, 9.17) is 14.6 Å². The first kappa shape index (κ1) is 9.33. The fraction of sp³-hybridized carbons (Fsp3) is 0. The van der Waals surface area contributed by atoms with Crippen LogP contribution < -0.4 is 0 Å². The Bertz CT molecular complexity index is 482. The van der Waals surface area contributed by atoms with E-state index in [1.165, 1.54) is 18.4 Å². The predicted octanol–water partition coefficient (Wildman–Crippen LogP) is 2.35. The normalized spacial score (nSPS) is 10.1. The minimum Gasteiger partial charge on any atom is -0.508 e. The molecule has 2 N–H and O–H groups in total. The molecule has 2 aromatic rings. The highest BCUT2D eigenvalue weighted by molar-refractivity contribution is 5.93. The third-order valence-corrected chi connectivity index (χ3v) is 2.04. The zero-order valence-corrected chi connectivity index (χ0v) is 7.68. The molecular weight excluding hydrogens is 196 g/mol. The number of aromatic hydroxyl groups is 1. The number of hydrogen-bond acceptors (Lipinski definition) is 3. The van der Waals surface area contributed by atoms with Crippen molar-refractivity contribution in [2.24, 2.45) is 0 Å². The average Bonchev–Trinajstić information content (AvgIpc) is 2.67. The molecule has 0 amide bonds. The van der Waals surface area contributed by atoms with Gasteiger partial charge in [-0.05, 0) is 23.8 Å². The van der Waals surface area contributed by atoms with Gasteiger partial charge in [-0.2, -0.15) is 0 Å². The van der Waals surface area contributed by atoms with Crippen molar-refractivity contribution in [2.45, 2.75) is 0 Å². The first-order valence-electron chi connectivity index (χ1n) is 4.28. The van der Waals surface area contributed by atoms with Crippen LogP contribution >= 0.6 is 0 Å². The number of benzene rings is 1. The first-order chi connectivity index (χ1) is 7.18. The molecule has 0 fully saturated rings. The lowest BCUT2D eigenvalue weighted by Gasteiger charge is -1.99. The van der Waals surface area contributed by atoms with Crippen LogP contribution in [0, 0.1) is 0 Å². The largest absolute Gasteiger partial charge is 0.508 e. The van der Waals surface area contributed by atoms with Gasteiger partial charge in [0.05, 0.1) is 6.26 Å². The lowest BCUT2D eigenvalue weighted by Crippen LogP contribution is -1.95. The maximum atomic E-state index is 10.8. The van der Waals surface area contributed by atoms with E-state index in [1.54, 1.807) is 18.2 Å². The Morgan fingerprint density at radius 3 is 2.40 bits per heavy atom. The van der Waals surface area contributed by atoms with Gasteiger partial charge in [0.25, 0.3) is 0 Å². The number of carboxylic acid groups (broad SMARTS) is 1. The molecule has 0 spiro atoms. The summed E-state index contributed by atoms with van der Waals surface area (Å²) in [5.41, 5.74) is 1.20. The van der Waals surface area contributed by atoms with Crippen molar-refractivity contribution in [3.8, 4) is 16.9 Å². The second-order valence-electron chi connectivity index (χ2n) is 3.02. The van der Waals surface area contributed by atoms with E-state index in [1.807, 2.05) is 0 Å². The van der Waals surface area contributed by atoms with E-state index in [2.05, 4.69) is 0 Å². The number of carbonyl (C=O) groups is 1. The Morgan fingerprint density at radius 1 is 1.13 bits per heavy atom. The molecule has 1 heterocycles. The highest BCUT2D eigenvalue weighted by atomic mass is 16.4. The van der Waals surface area contributed by atoms with E-state index < -0.39 is 5.97 Å². The fourth-order valence-corrected chi connectivity index (χ4v) is 1.34. The number of carboxylic acids is 1. The molecule has 0 unspecified atom stereocenters. The molecule has 0 saturated heterocycles. The Morgan fingerprint density at radius 2 is 1.80 bits per heavy atom. The minimum absolute atomic E-state index is 0.0966. The molecule has 0 saturated carbocycles. The number of phenolic OH excluding ortho intramolecular Hbond substituents is 1. The molecule has 0 aliphatic carbocycles. The third-order valence-electron chi connectivity index (χ3n) is 2.04. The highest BCUT2D eigenvalue weighted by Crippen LogP contribution is 2.26. The van der Waals surface area contributed by atoms with Gasteiger partial charge in [-0.1, -0.05) is 12.1 Å². The summed E-state index contributed by atoms with van der Waals surface area (Å²) >= 11 is 0. The van der Waals surface area contributed by atoms with E-state index >= 15 is 0 Å². The molecule has 0 atom stereocenters. The zero-order valence-electron chi connectivity index (χ0n) is 7.68. The van der Waals surface area contributed by atoms with Gasteiger partial charge in [0, 0.05) is 5.56 Å². The molecule has 0 radical (unpaired) electrons. The standard InChI is InChI=1S/C11H8O4/c12-8-3-1-7(2-4-8)9-5-6-15-10(9)11(13)14/h1-6,12H,(H,13,14). The highest BCUT2D eigenvalue weighted by Gasteiger charge is 2.14. The molecular formula is C11H8O4. The molecule has 2 rings (SSSR count). The predicted molar refractivity (Wildman–Crippen MR) is 52.8 cm³/mol. The molecule has 15 heavy (non-hydrogen) atoms. The molecule has 4 nitrogen and oxygen atoms in total. The van der Waals surface area contributed by atoms with Gasteiger partial charge < -0.3 is 14.6 Å². The summed E-state index contributed by atoms with van der Waals surface area (Å²) in [6.07, 6.45) is 1.33. The second kappa shape index (κ2) is 3.49. The Balaban J connectivity index is 2.49. The van der Waals surface area contributed by atoms with Gasteiger partial charge in [0.2, 0.25) is 5.76 Å². The summed E-state index contributed by atoms with van der Waals surface area (Å²) in [6, 6.07) is 7.83. The third kappa shape index (κ3) is 1.69. The Kier molecular flexibility index (Phi) is 2.17. The van der Waals surface area contributed by atoms with Crippen molar-refractivity contribution in [3.63, 3.8) is 0 Å². The average molecular weight is 204 g/mol. The molecule has 0 bridgehead atoms. The quantitative estimate of drug-likeness (QED) is 0.787. The monoisotopic (exact) mass is 204 g/mol. The van der Waals surface area contributed by atoms with E-state index in [0.717, 1.165) is 0 Å². The van der Waals surface area contributed by atoms with Crippen molar-refractivity contribution >= 4 is 5.97 Å². The molecule has 4 heteroatoms. The first-order valence-corrected chi connectivity index (χ1v) is 4.28. The van der Waals surface area contributed by atoms with Crippen molar-refractivity contribution in [1.29, 1.82) is 0 Å². The second-order valence-corrected chi connectivity index (χ2v) is 3.02. The van der Waals surface area contributed by atoms with Gasteiger partial charge in [-0.25, -0.2) is 4.79 Å². The minimum atomic E-state index is -1.11. The van der Waals surface area contributed by atoms with Crippen LogP contribution in [0.4, 0.5) is 0 Å². The fourth-order valence-electron chi connectivity index (χ4n) is 1.34. The van der Waals surface area contributed by atoms with Gasteiger partial charge in [-0.15, -0.1) is 0 Å². The summed E-state index contributed by atoms with van der Waals surface area (Å²) in [5, 5.41) is 17.9. The number of hydrogen-bond donors (Lipinski definition) is 2. The number of aromatic carboxylic acids is 1. The van der Waals surface area contributed by atoms with Gasteiger partial charge in [0.15, 0.2) is 0 Å². The Labute approximate surface area is 85.4 Å². The summed E-state index contributed by atoms with van der Waals surface area (Å²) in [4.78, 5) is 10.8. The van der Waals surface area contributed by atoms with Crippen LogP contribution in [0.15, 0.2) is 41.0 Å². The van der Waals surface area contributed by atoms with Crippen LogP contribution in [0.25, 0.3) is 11.1 Å². The number of rotatable bonds is 2. The summed E-state index contributed by atoms with van der Waals surface area (Å²) in [7, 11) is 0. The SMILES string of the molecule is O=C(O)c1occc1-c1ccc(O)cc1. The van der Waals surface area contributed by atoms with Crippen LogP contribution in [-0.4, -0.2) is 16.2 Å². The summed E-state index contributed by atoms with van der Waals surface area (Å²) in [5.74, 6) is -1.07. The van der Waals surface area contributed by atoms with Gasteiger partial charge >= 0.3 is 5.97 Å². The molecule has 1 aromatic heterocycles. The van der Waals surface area contributed by atoms with Crippen LogP contribution in [0.5, 0.6) is 5.75 Å². The zero-order chi connectivity index (χ0) is 10.8. The Hall–Kier alpha value is -2.23. The van der Waals surface area contributed by atoms with Crippen LogP contribution in [0.2, 0.25) is 0 Å².